The molecule has 0 saturated carbocycles. The molecule has 2 aromatic carbocycles. The van der Waals surface area contributed by atoms with Crippen LogP contribution in [0.3, 0.4) is 0 Å². The van der Waals surface area contributed by atoms with Gasteiger partial charge in [0.1, 0.15) is 18.1 Å². The third-order valence-corrected chi connectivity index (χ3v) is 7.52. The van der Waals surface area contributed by atoms with Crippen LogP contribution in [0.1, 0.15) is 37.8 Å². The molecule has 238 valence electrons. The van der Waals surface area contributed by atoms with Gasteiger partial charge in [0.2, 0.25) is 17.7 Å². The van der Waals surface area contributed by atoms with Crippen LogP contribution in [-0.4, -0.2) is 74.0 Å². The minimum atomic E-state index is -1.61. The van der Waals surface area contributed by atoms with Crippen LogP contribution >= 0.6 is 0 Å². The van der Waals surface area contributed by atoms with Crippen molar-refractivity contribution in [3.8, 4) is 0 Å². The molecule has 0 saturated heterocycles. The Kier molecular flexibility index (Phi) is 10.6. The minimum absolute atomic E-state index is 0.0646. The maximum atomic E-state index is 13.4. The van der Waals surface area contributed by atoms with Crippen LogP contribution in [0, 0.1) is 5.92 Å². The fourth-order valence-corrected chi connectivity index (χ4v) is 5.26. The number of nitrogens with two attached hydrogens (primary N) is 1. The monoisotopic (exact) mass is 618 g/mol. The van der Waals surface area contributed by atoms with Crippen molar-refractivity contribution in [3.63, 3.8) is 0 Å². The molecule has 0 radical (unpaired) electrons. The molecular weight excluding hydrogens is 580 g/mol. The summed E-state index contributed by atoms with van der Waals surface area (Å²) in [6, 6.07) is 9.69. The van der Waals surface area contributed by atoms with Crippen molar-refractivity contribution in [2.75, 3.05) is 0 Å². The molecule has 0 aliphatic heterocycles. The Bertz CT molecular complexity index is 1690. The van der Waals surface area contributed by atoms with Crippen LogP contribution in [-0.2, 0) is 36.8 Å². The lowest BCUT2D eigenvalue weighted by molar-refractivity contribution is -0.143. The van der Waals surface area contributed by atoms with E-state index in [1.165, 1.54) is 0 Å². The van der Waals surface area contributed by atoms with Gasteiger partial charge in [-0.15, -0.1) is 0 Å². The zero-order chi connectivity index (χ0) is 32.7. The number of benzene rings is 2. The summed E-state index contributed by atoms with van der Waals surface area (Å²) < 4.78 is 0. The molecule has 3 amide bonds. The Morgan fingerprint density at radius 3 is 1.73 bits per heavy atom. The summed E-state index contributed by atoms with van der Waals surface area (Å²) in [6.45, 7) is 3.67. The Hall–Kier alpha value is -5.17. The number of carboxylic acids is 2. The number of aliphatic carboxylic acids is 2. The van der Waals surface area contributed by atoms with Gasteiger partial charge in [-0.1, -0.05) is 50.2 Å². The van der Waals surface area contributed by atoms with Gasteiger partial charge in [-0.2, -0.15) is 0 Å². The Labute approximate surface area is 258 Å². The third kappa shape index (κ3) is 8.48. The van der Waals surface area contributed by atoms with E-state index in [4.69, 9.17) is 5.73 Å². The second kappa shape index (κ2) is 14.5. The van der Waals surface area contributed by atoms with Crippen molar-refractivity contribution in [2.24, 2.45) is 11.7 Å². The van der Waals surface area contributed by atoms with Gasteiger partial charge in [0, 0.05) is 40.6 Å². The van der Waals surface area contributed by atoms with Crippen LogP contribution in [0.25, 0.3) is 21.8 Å². The van der Waals surface area contributed by atoms with Gasteiger partial charge < -0.3 is 41.9 Å². The minimum Gasteiger partial charge on any atom is -0.481 e. The average molecular weight is 619 g/mol. The number of amides is 3. The van der Waals surface area contributed by atoms with Gasteiger partial charge in [0.25, 0.3) is 0 Å². The number of hydrogen-bond acceptors (Lipinski definition) is 6. The van der Waals surface area contributed by atoms with Crippen LogP contribution in [0.15, 0.2) is 60.9 Å². The molecular formula is C32H38N6O7. The first-order valence-corrected chi connectivity index (χ1v) is 14.6. The number of aromatic amines is 2. The molecule has 4 rings (SSSR count). The number of carbonyl (C=O) groups is 5. The Morgan fingerprint density at radius 1 is 0.711 bits per heavy atom. The fraction of sp³-hybridized carbons (Fsp3) is 0.344. The quantitative estimate of drug-likeness (QED) is 0.0980. The second-order valence-corrected chi connectivity index (χ2v) is 11.5. The molecule has 0 aliphatic rings. The smallest absolute Gasteiger partial charge is 0.326 e. The number of hydrogen-bond donors (Lipinski definition) is 8. The SMILES string of the molecule is CC(C)CC(NC(=O)C(N)Cc1c[nH]c2ccccc12)C(=O)NC(CC(=O)O)C(=O)NC(Cc1c[nH]c2ccccc12)C(=O)O. The zero-order valence-electron chi connectivity index (χ0n) is 25.0. The van der Waals surface area contributed by atoms with Crippen molar-refractivity contribution < 1.29 is 34.2 Å². The molecule has 13 heteroatoms. The van der Waals surface area contributed by atoms with Crippen LogP contribution in [0.5, 0.6) is 0 Å². The molecule has 9 N–H and O–H groups in total. The molecule has 4 unspecified atom stereocenters. The fourth-order valence-electron chi connectivity index (χ4n) is 5.26. The molecule has 45 heavy (non-hydrogen) atoms. The first kappa shape index (κ1) is 32.7. The highest BCUT2D eigenvalue weighted by Gasteiger charge is 2.32. The highest BCUT2D eigenvalue weighted by molar-refractivity contribution is 5.96. The molecule has 4 atom stereocenters. The van der Waals surface area contributed by atoms with Crippen molar-refractivity contribution in [2.45, 2.75) is 63.7 Å². The molecule has 0 aliphatic carbocycles. The van der Waals surface area contributed by atoms with E-state index in [9.17, 15) is 34.2 Å². The maximum Gasteiger partial charge on any atom is 0.326 e. The maximum absolute atomic E-state index is 13.4. The molecule has 0 bridgehead atoms. The van der Waals surface area contributed by atoms with E-state index in [0.717, 1.165) is 27.4 Å². The lowest BCUT2D eigenvalue weighted by Crippen LogP contribution is -2.58. The van der Waals surface area contributed by atoms with Gasteiger partial charge in [-0.3, -0.25) is 19.2 Å². The predicted octanol–water partition coefficient (Wildman–Crippen LogP) is 1.82. The highest BCUT2D eigenvalue weighted by Crippen LogP contribution is 2.20. The van der Waals surface area contributed by atoms with Gasteiger partial charge >= 0.3 is 11.9 Å². The number of carbonyl (C=O) groups excluding carboxylic acids is 3. The molecule has 0 spiro atoms. The summed E-state index contributed by atoms with van der Waals surface area (Å²) in [5, 5.41) is 28.4. The molecule has 4 aromatic rings. The summed E-state index contributed by atoms with van der Waals surface area (Å²) in [7, 11) is 0. The van der Waals surface area contributed by atoms with E-state index in [1.54, 1.807) is 18.5 Å². The molecule has 2 aromatic heterocycles. The number of rotatable bonds is 15. The summed E-state index contributed by atoms with van der Waals surface area (Å²) >= 11 is 0. The number of carboxylic acid groups (broad SMARTS) is 2. The van der Waals surface area contributed by atoms with Gasteiger partial charge in [-0.05, 0) is 42.0 Å². The van der Waals surface area contributed by atoms with Crippen LogP contribution in [0.2, 0.25) is 0 Å². The van der Waals surface area contributed by atoms with Crippen molar-refractivity contribution in [1.82, 2.24) is 25.9 Å². The van der Waals surface area contributed by atoms with Crippen molar-refractivity contribution in [3.05, 3.63) is 72.1 Å². The summed E-state index contributed by atoms with van der Waals surface area (Å²) in [5.74, 6) is -5.15. The predicted molar refractivity (Wildman–Crippen MR) is 167 cm³/mol. The number of para-hydroxylation sites is 2. The van der Waals surface area contributed by atoms with E-state index in [-0.39, 0.29) is 25.2 Å². The lowest BCUT2D eigenvalue weighted by atomic mass is 10.0. The topological polar surface area (TPSA) is 219 Å². The number of fused-ring (bicyclic) bond motifs is 2. The second-order valence-electron chi connectivity index (χ2n) is 11.5. The van der Waals surface area contributed by atoms with Crippen LogP contribution < -0.4 is 21.7 Å². The van der Waals surface area contributed by atoms with E-state index >= 15 is 0 Å². The largest absolute Gasteiger partial charge is 0.481 e. The van der Waals surface area contributed by atoms with Crippen molar-refractivity contribution in [1.29, 1.82) is 0 Å². The van der Waals surface area contributed by atoms with Crippen molar-refractivity contribution >= 4 is 51.5 Å². The average Bonchev–Trinajstić information content (AvgIpc) is 3.59. The van der Waals surface area contributed by atoms with E-state index < -0.39 is 60.2 Å². The van der Waals surface area contributed by atoms with E-state index in [1.807, 2.05) is 56.3 Å². The molecule has 2 heterocycles. The highest BCUT2D eigenvalue weighted by atomic mass is 16.4. The molecule has 13 nitrogen and oxygen atoms in total. The summed E-state index contributed by atoms with van der Waals surface area (Å²) in [6.07, 6.45) is 2.90. The zero-order valence-corrected chi connectivity index (χ0v) is 25.0. The number of H-pyrrole nitrogens is 2. The lowest BCUT2D eigenvalue weighted by Gasteiger charge is -2.25. The molecule has 0 fully saturated rings. The number of aromatic nitrogens is 2. The first-order valence-electron chi connectivity index (χ1n) is 14.6. The first-order chi connectivity index (χ1) is 21.4. The summed E-state index contributed by atoms with van der Waals surface area (Å²) in [5.41, 5.74) is 9.37. The number of nitrogens with one attached hydrogen (secondary N) is 5. The van der Waals surface area contributed by atoms with Gasteiger partial charge in [0.15, 0.2) is 0 Å². The normalized spacial score (nSPS) is 14.0. The van der Waals surface area contributed by atoms with E-state index in [0.29, 0.717) is 5.56 Å². The Morgan fingerprint density at radius 2 is 1.20 bits per heavy atom. The summed E-state index contributed by atoms with van der Waals surface area (Å²) in [4.78, 5) is 69.6. The van der Waals surface area contributed by atoms with Gasteiger partial charge in [-0.25, -0.2) is 4.79 Å². The third-order valence-electron chi connectivity index (χ3n) is 7.52. The Balaban J connectivity index is 1.44. The van der Waals surface area contributed by atoms with E-state index in [2.05, 4.69) is 25.9 Å². The standard InChI is InChI=1S/C32H38N6O7/c1-17(2)11-25(36-29(41)22(33)12-18-15-34-23-9-5-3-7-20(18)23)30(42)37-26(14-28(39)40)31(43)38-27(32(44)45)13-19-16-35-24-10-6-4-8-21(19)24/h3-10,15-17,22,25-27,34-35H,11-14,33H2,1-2H3,(H,36,41)(H,37,42)(H,38,43)(H,39,40)(H,44,45). The van der Waals surface area contributed by atoms with Gasteiger partial charge in [0.05, 0.1) is 12.5 Å². The van der Waals surface area contributed by atoms with Crippen LogP contribution in [0.4, 0.5) is 0 Å².